The van der Waals surface area contributed by atoms with Gasteiger partial charge in [-0.05, 0) is 18.2 Å². The molecule has 0 atom stereocenters. The largest absolute Gasteiger partial charge is 0.476 e. The van der Waals surface area contributed by atoms with Crippen LogP contribution < -0.4 is 5.32 Å². The number of hydrogen-bond donors (Lipinski definition) is 2. The molecule has 0 bridgehead atoms. The molecule has 0 amide bonds. The second-order valence-corrected chi connectivity index (χ2v) is 5.45. The molecule has 19 heavy (non-hydrogen) atoms. The van der Waals surface area contributed by atoms with E-state index in [0.717, 1.165) is 4.47 Å². The minimum atomic E-state index is -1.04. The van der Waals surface area contributed by atoms with E-state index < -0.39 is 5.97 Å². The Balaban J connectivity index is 2.12. The van der Waals surface area contributed by atoms with E-state index in [4.69, 9.17) is 10.4 Å². The molecule has 0 aliphatic rings. The fourth-order valence-corrected chi connectivity index (χ4v) is 2.49. The second-order valence-electron chi connectivity index (χ2n) is 3.59. The lowest BCUT2D eigenvalue weighted by Crippen LogP contribution is -2.02. The zero-order valence-electron chi connectivity index (χ0n) is 9.55. The summed E-state index contributed by atoms with van der Waals surface area (Å²) in [4.78, 5) is 14.7. The van der Waals surface area contributed by atoms with E-state index in [1.165, 1.54) is 16.7 Å². The molecule has 5 nitrogen and oxygen atoms in total. The average Bonchev–Trinajstić information content (AvgIpc) is 2.85. The molecule has 0 fully saturated rings. The lowest BCUT2D eigenvalue weighted by Gasteiger charge is -2.06. The van der Waals surface area contributed by atoms with Crippen LogP contribution in [0.3, 0.4) is 0 Å². The van der Waals surface area contributed by atoms with Crippen molar-refractivity contribution in [2.45, 2.75) is 6.54 Å². The third-order valence-corrected chi connectivity index (χ3v) is 3.65. The number of carboxylic acids is 1. The van der Waals surface area contributed by atoms with Gasteiger partial charge in [0.05, 0.1) is 17.8 Å². The van der Waals surface area contributed by atoms with Gasteiger partial charge in [-0.3, -0.25) is 0 Å². The number of nitriles is 1. The number of benzene rings is 1. The number of halogens is 1. The van der Waals surface area contributed by atoms with E-state index in [9.17, 15) is 4.79 Å². The Bertz CT molecular complexity index is 663. The topological polar surface area (TPSA) is 86.0 Å². The van der Waals surface area contributed by atoms with Crippen molar-refractivity contribution < 1.29 is 9.90 Å². The Morgan fingerprint density at radius 3 is 3.00 bits per heavy atom. The van der Waals surface area contributed by atoms with E-state index in [1.54, 1.807) is 18.2 Å². The van der Waals surface area contributed by atoms with Crippen molar-refractivity contribution in [3.8, 4) is 6.07 Å². The Morgan fingerprint density at radius 2 is 2.37 bits per heavy atom. The molecule has 0 radical (unpaired) electrons. The first-order chi connectivity index (χ1) is 9.10. The maximum absolute atomic E-state index is 10.7. The normalized spacial score (nSPS) is 9.89. The van der Waals surface area contributed by atoms with Crippen molar-refractivity contribution >= 4 is 38.9 Å². The number of nitrogens with one attached hydrogen (secondary N) is 1. The van der Waals surface area contributed by atoms with Crippen LogP contribution in [-0.4, -0.2) is 16.1 Å². The van der Waals surface area contributed by atoms with E-state index in [-0.39, 0.29) is 5.69 Å². The number of aromatic nitrogens is 1. The predicted molar refractivity (Wildman–Crippen MR) is 75.3 cm³/mol. The van der Waals surface area contributed by atoms with Gasteiger partial charge in [-0.1, -0.05) is 15.9 Å². The number of nitrogens with zero attached hydrogens (tertiary/aromatic N) is 2. The minimum Gasteiger partial charge on any atom is -0.476 e. The van der Waals surface area contributed by atoms with Crippen LogP contribution in [0.2, 0.25) is 0 Å². The quantitative estimate of drug-likeness (QED) is 0.895. The van der Waals surface area contributed by atoms with Gasteiger partial charge in [0.25, 0.3) is 0 Å². The summed E-state index contributed by atoms with van der Waals surface area (Å²) in [5.74, 6) is -1.04. The molecule has 0 unspecified atom stereocenters. The van der Waals surface area contributed by atoms with Gasteiger partial charge in [0, 0.05) is 9.85 Å². The standard InChI is InChI=1S/C12H8BrN3O2S/c13-8-2-1-7(4-14)9(3-8)15-5-11-16-10(6-19-11)12(17)18/h1-3,6,15H,5H2,(H,17,18). The molecule has 1 aromatic carbocycles. The first-order valence-corrected chi connectivity index (χ1v) is 6.88. The highest BCUT2D eigenvalue weighted by Gasteiger charge is 2.09. The van der Waals surface area contributed by atoms with Crippen LogP contribution in [0, 0.1) is 11.3 Å². The molecule has 0 saturated heterocycles. The molecule has 0 spiro atoms. The Hall–Kier alpha value is -1.91. The van der Waals surface area contributed by atoms with Crippen molar-refractivity contribution in [1.29, 1.82) is 5.26 Å². The Morgan fingerprint density at radius 1 is 1.58 bits per heavy atom. The molecule has 2 N–H and O–H groups in total. The smallest absolute Gasteiger partial charge is 0.355 e. The zero-order valence-corrected chi connectivity index (χ0v) is 12.0. The van der Waals surface area contributed by atoms with Gasteiger partial charge in [-0.15, -0.1) is 11.3 Å². The summed E-state index contributed by atoms with van der Waals surface area (Å²) in [5.41, 5.74) is 1.25. The van der Waals surface area contributed by atoms with E-state index >= 15 is 0 Å². The number of anilines is 1. The van der Waals surface area contributed by atoms with Crippen molar-refractivity contribution in [1.82, 2.24) is 4.98 Å². The van der Waals surface area contributed by atoms with Gasteiger partial charge in [-0.25, -0.2) is 9.78 Å². The first kappa shape index (κ1) is 13.5. The summed E-state index contributed by atoms with van der Waals surface area (Å²) < 4.78 is 0.861. The average molecular weight is 338 g/mol. The van der Waals surface area contributed by atoms with Gasteiger partial charge in [-0.2, -0.15) is 5.26 Å². The van der Waals surface area contributed by atoms with Gasteiger partial charge >= 0.3 is 5.97 Å². The monoisotopic (exact) mass is 337 g/mol. The Kier molecular flexibility index (Phi) is 4.14. The molecule has 96 valence electrons. The van der Waals surface area contributed by atoms with Crippen LogP contribution >= 0.6 is 27.3 Å². The summed E-state index contributed by atoms with van der Waals surface area (Å²) in [6.45, 7) is 0.378. The number of aromatic carboxylic acids is 1. The molecule has 2 rings (SSSR count). The maximum Gasteiger partial charge on any atom is 0.355 e. The lowest BCUT2D eigenvalue weighted by molar-refractivity contribution is 0.0691. The second kappa shape index (κ2) is 5.82. The molecule has 1 heterocycles. The summed E-state index contributed by atoms with van der Waals surface area (Å²) in [5, 5.41) is 23.0. The highest BCUT2D eigenvalue weighted by molar-refractivity contribution is 9.10. The predicted octanol–water partition coefficient (Wildman–Crippen LogP) is 3.09. The maximum atomic E-state index is 10.7. The van der Waals surface area contributed by atoms with Crippen LogP contribution in [0.25, 0.3) is 0 Å². The third kappa shape index (κ3) is 3.30. The number of hydrogen-bond acceptors (Lipinski definition) is 5. The fraction of sp³-hybridized carbons (Fsp3) is 0.0833. The van der Waals surface area contributed by atoms with Gasteiger partial charge in [0.15, 0.2) is 5.69 Å². The van der Waals surface area contributed by atoms with Crippen LogP contribution in [0.1, 0.15) is 21.1 Å². The third-order valence-electron chi connectivity index (χ3n) is 2.30. The molecule has 0 aliphatic carbocycles. The summed E-state index contributed by atoms with van der Waals surface area (Å²) >= 11 is 4.60. The van der Waals surface area contributed by atoms with E-state index in [0.29, 0.717) is 22.8 Å². The van der Waals surface area contributed by atoms with Gasteiger partial charge in [0.1, 0.15) is 11.1 Å². The van der Waals surface area contributed by atoms with E-state index in [2.05, 4.69) is 32.3 Å². The molecular formula is C12H8BrN3O2S. The van der Waals surface area contributed by atoms with Gasteiger partial charge < -0.3 is 10.4 Å². The summed E-state index contributed by atoms with van der Waals surface area (Å²) in [6.07, 6.45) is 0. The molecule has 7 heteroatoms. The van der Waals surface area contributed by atoms with Crippen molar-refractivity contribution in [3.05, 3.63) is 44.3 Å². The molecule has 0 aliphatic heterocycles. The van der Waals surface area contributed by atoms with Crippen molar-refractivity contribution in [2.75, 3.05) is 5.32 Å². The van der Waals surface area contributed by atoms with Gasteiger partial charge in [0.2, 0.25) is 0 Å². The first-order valence-electron chi connectivity index (χ1n) is 5.21. The van der Waals surface area contributed by atoms with Crippen LogP contribution in [0.15, 0.2) is 28.1 Å². The molecule has 1 aromatic heterocycles. The number of thiazole rings is 1. The summed E-state index contributed by atoms with van der Waals surface area (Å²) in [7, 11) is 0. The highest BCUT2D eigenvalue weighted by atomic mass is 79.9. The molecular weight excluding hydrogens is 330 g/mol. The summed E-state index contributed by atoms with van der Waals surface area (Å²) in [6, 6.07) is 7.38. The van der Waals surface area contributed by atoms with Crippen LogP contribution in [0.5, 0.6) is 0 Å². The molecule has 0 saturated carbocycles. The van der Waals surface area contributed by atoms with Crippen molar-refractivity contribution in [3.63, 3.8) is 0 Å². The van der Waals surface area contributed by atoms with E-state index in [1.807, 2.05) is 0 Å². The van der Waals surface area contributed by atoms with Crippen molar-refractivity contribution in [2.24, 2.45) is 0 Å². The SMILES string of the molecule is N#Cc1ccc(Br)cc1NCc1nc(C(=O)O)cs1. The number of carboxylic acid groups (broad SMARTS) is 1. The van der Waals surface area contributed by atoms with Crippen LogP contribution in [-0.2, 0) is 6.54 Å². The molecule has 2 aromatic rings. The Labute approximate surface area is 121 Å². The minimum absolute atomic E-state index is 0.0385. The number of rotatable bonds is 4. The highest BCUT2D eigenvalue weighted by Crippen LogP contribution is 2.22. The fourth-order valence-electron chi connectivity index (χ4n) is 1.42. The van der Waals surface area contributed by atoms with Crippen LogP contribution in [0.4, 0.5) is 5.69 Å². The number of carbonyl (C=O) groups is 1. The lowest BCUT2D eigenvalue weighted by atomic mass is 10.2. The zero-order chi connectivity index (χ0) is 13.8.